The standard InChI is InChI=1S/C106H121N5O29/c112-90(129-68-76-30-9-1-10-31-76)46-25-64-108-102(124)86(53-59-94(116)133-72-80-38-17-5-18-39-80)137-98(120)50-29-63-107-101(123)84(51-57-99(121)138-87(54-60-95(117)134-73-81-40-19-6-20-41-81)103(125)109-65-26-47-91(113)130-69-77-32-11-2-12-33-77)85(106(128)140-89(56-62-97(119)136-75-83-44-23-8-24-45-83)105(127)111-67-28-49-93(115)132-71-79-36-15-4-16-37-79)52-58-100(122)139-88(55-61-96(118)135-74-82-42-21-7-22-43-82)104(126)110-66-27-48-92(114)131-70-78-34-13-3-14-35-78/h1-24,30-45,84-89H,25-29,46-75H2,(H,107,123)(H,108,124)(H,109,125)(H,110,126)(H,111,127). The average molecular weight is 1930 g/mol. The van der Waals surface area contributed by atoms with E-state index in [0.29, 0.717) is 27.8 Å². The van der Waals surface area contributed by atoms with Gasteiger partial charge in [0.15, 0.2) is 24.4 Å². The quantitative estimate of drug-likeness (QED) is 0.0134. The monoisotopic (exact) mass is 1930 g/mol. The number of ether oxygens (including phenoxy) is 12. The Hall–Kier alpha value is -15.3. The highest BCUT2D eigenvalue weighted by Crippen LogP contribution is 2.29. The predicted octanol–water partition coefficient (Wildman–Crippen LogP) is 12.0. The average Bonchev–Trinajstić information content (AvgIpc) is 0.836. The molecule has 0 radical (unpaired) electrons. The van der Waals surface area contributed by atoms with Gasteiger partial charge in [-0.1, -0.05) is 243 Å². The lowest BCUT2D eigenvalue weighted by Gasteiger charge is -2.27. The van der Waals surface area contributed by atoms with Crippen LogP contribution in [0, 0.1) is 11.8 Å². The first-order valence-corrected chi connectivity index (χ1v) is 46.7. The van der Waals surface area contributed by atoms with Gasteiger partial charge in [-0.15, -0.1) is 0 Å². The molecule has 0 saturated carbocycles. The van der Waals surface area contributed by atoms with E-state index < -0.39 is 221 Å². The molecular weight excluding hydrogens is 1810 g/mol. The maximum Gasteiger partial charge on any atom is 0.310 e. The van der Waals surface area contributed by atoms with Gasteiger partial charge in [0.2, 0.25) is 5.91 Å². The lowest BCUT2D eigenvalue weighted by molar-refractivity contribution is -0.166. The molecule has 5 N–H and O–H groups in total. The normalized spacial score (nSPS) is 12.0. The van der Waals surface area contributed by atoms with Crippen LogP contribution in [0.25, 0.3) is 0 Å². The van der Waals surface area contributed by atoms with Crippen molar-refractivity contribution in [1.82, 2.24) is 26.6 Å². The minimum atomic E-state index is -2.00. The summed E-state index contributed by atoms with van der Waals surface area (Å²) in [7, 11) is 0. The van der Waals surface area contributed by atoms with Gasteiger partial charge in [-0.25, -0.2) is 0 Å². The van der Waals surface area contributed by atoms with E-state index in [1.165, 1.54) is 0 Å². The Kier molecular flexibility index (Phi) is 50.9. The van der Waals surface area contributed by atoms with Gasteiger partial charge in [0, 0.05) is 129 Å². The molecule has 0 bridgehead atoms. The van der Waals surface area contributed by atoms with Crippen molar-refractivity contribution in [2.75, 3.05) is 32.7 Å². The number of carbonyl (C=O) groups is 17. The Morgan fingerprint density at radius 2 is 0.343 bits per heavy atom. The Balaban J connectivity index is 1.09. The lowest BCUT2D eigenvalue weighted by Crippen LogP contribution is -2.44. The third-order valence-electron chi connectivity index (χ3n) is 21.4. The summed E-state index contributed by atoms with van der Waals surface area (Å²) in [4.78, 5) is 237. The number of hydrogen-bond acceptors (Lipinski definition) is 29. The van der Waals surface area contributed by atoms with E-state index in [9.17, 15) is 71.9 Å². The van der Waals surface area contributed by atoms with Crippen LogP contribution in [0.3, 0.4) is 0 Å². The minimum absolute atomic E-state index is 0.0111. The molecule has 0 heterocycles. The molecule has 8 aromatic carbocycles. The molecule has 0 aromatic heterocycles. The van der Waals surface area contributed by atoms with E-state index in [1.807, 2.05) is 6.07 Å². The molecule has 0 saturated heterocycles. The summed E-state index contributed by atoms with van der Waals surface area (Å²) in [5.74, 6) is -19.3. The number of amides is 5. The maximum atomic E-state index is 15.8. The Bertz CT molecular complexity index is 5200. The fraction of sp³-hybridized carbons (Fsp3) is 0.387. The molecule has 8 rings (SSSR count). The molecule has 0 aliphatic rings. The minimum Gasteiger partial charge on any atom is -0.461 e. The molecule has 8 aromatic rings. The van der Waals surface area contributed by atoms with Crippen molar-refractivity contribution in [3.8, 4) is 0 Å². The fourth-order valence-corrected chi connectivity index (χ4v) is 13.7. The third kappa shape index (κ3) is 46.5. The first-order valence-electron chi connectivity index (χ1n) is 46.7. The van der Waals surface area contributed by atoms with Crippen LogP contribution < -0.4 is 26.6 Å². The van der Waals surface area contributed by atoms with E-state index >= 15 is 9.59 Å². The van der Waals surface area contributed by atoms with Crippen LogP contribution in [0.15, 0.2) is 243 Å². The number of esters is 12. The van der Waals surface area contributed by atoms with Gasteiger partial charge in [-0.05, 0) is 89.5 Å². The third-order valence-corrected chi connectivity index (χ3v) is 21.4. The van der Waals surface area contributed by atoms with Crippen LogP contribution in [-0.2, 0) is 191 Å². The molecule has 34 nitrogen and oxygen atoms in total. The highest BCUT2D eigenvalue weighted by atomic mass is 16.6. The van der Waals surface area contributed by atoms with Gasteiger partial charge in [0.25, 0.3) is 23.6 Å². The maximum absolute atomic E-state index is 15.8. The zero-order chi connectivity index (χ0) is 100.0. The Morgan fingerprint density at radius 3 is 0.557 bits per heavy atom. The molecule has 744 valence electrons. The lowest BCUT2D eigenvalue weighted by atomic mass is 9.84. The second-order valence-corrected chi connectivity index (χ2v) is 32.4. The topological polar surface area (TPSA) is 461 Å². The highest BCUT2D eigenvalue weighted by molar-refractivity contribution is 5.91. The summed E-state index contributed by atoms with van der Waals surface area (Å²) in [6.07, 6.45) is -15.9. The van der Waals surface area contributed by atoms with Gasteiger partial charge < -0.3 is 83.4 Å². The van der Waals surface area contributed by atoms with Crippen LogP contribution in [0.5, 0.6) is 0 Å². The summed E-state index contributed by atoms with van der Waals surface area (Å²) in [5.41, 5.74) is 5.41. The van der Waals surface area contributed by atoms with E-state index in [1.54, 1.807) is 237 Å². The van der Waals surface area contributed by atoms with Gasteiger partial charge >= 0.3 is 71.6 Å². The summed E-state index contributed by atoms with van der Waals surface area (Å²) < 4.78 is 67.1. The van der Waals surface area contributed by atoms with Crippen LogP contribution in [0.1, 0.15) is 186 Å². The van der Waals surface area contributed by atoms with Crippen molar-refractivity contribution in [2.24, 2.45) is 11.8 Å². The summed E-state index contributed by atoms with van der Waals surface area (Å²) >= 11 is 0. The number of carbonyl (C=O) groups excluding carboxylic acids is 17. The van der Waals surface area contributed by atoms with Gasteiger partial charge in [-0.2, -0.15) is 0 Å². The van der Waals surface area contributed by atoms with Crippen molar-refractivity contribution in [3.05, 3.63) is 287 Å². The molecule has 34 heteroatoms. The molecular formula is C106H121N5O29. The largest absolute Gasteiger partial charge is 0.461 e. The van der Waals surface area contributed by atoms with Crippen LogP contribution in [-0.4, -0.2) is 158 Å². The molecule has 6 atom stereocenters. The number of nitrogens with one attached hydrogen (secondary N) is 5. The SMILES string of the molecule is O=C(CCCNC(=O)C(CCC(=O)OCc1ccccc1)OC(=O)CCCNC(=O)C(CCC(=O)OC(CCC(=O)OCc1ccccc1)C(=O)NCCCC(=O)OCc1ccccc1)C(CCC(=O)OC(CCC(=O)OCc1ccccc1)C(=O)NCCCC(=O)OCc1ccccc1)C(=O)OC(CCC(=O)OCc1ccccc1)C(=O)NCCCC(=O)OCc1ccccc1)OCc1ccccc1. The van der Waals surface area contributed by atoms with Crippen molar-refractivity contribution in [3.63, 3.8) is 0 Å². The molecule has 140 heavy (non-hydrogen) atoms. The highest BCUT2D eigenvalue weighted by Gasteiger charge is 2.40. The molecule has 0 aliphatic carbocycles. The van der Waals surface area contributed by atoms with Gasteiger partial charge in [-0.3, -0.25) is 81.5 Å². The first-order chi connectivity index (χ1) is 68.0. The van der Waals surface area contributed by atoms with E-state index in [4.69, 9.17) is 56.8 Å². The predicted molar refractivity (Wildman–Crippen MR) is 503 cm³/mol. The number of benzene rings is 8. The zero-order valence-corrected chi connectivity index (χ0v) is 78.1. The molecule has 0 aliphatic heterocycles. The molecule has 0 fully saturated rings. The van der Waals surface area contributed by atoms with Crippen LogP contribution in [0.4, 0.5) is 0 Å². The number of hydrogen-bond donors (Lipinski definition) is 5. The van der Waals surface area contributed by atoms with Gasteiger partial charge in [0.1, 0.15) is 52.9 Å². The molecule has 6 unspecified atom stereocenters. The first kappa shape index (κ1) is 110. The second-order valence-electron chi connectivity index (χ2n) is 32.4. The smallest absolute Gasteiger partial charge is 0.310 e. The Morgan fingerprint density at radius 1 is 0.179 bits per heavy atom. The van der Waals surface area contributed by atoms with Crippen molar-refractivity contribution in [2.45, 2.75) is 219 Å². The van der Waals surface area contributed by atoms with Crippen molar-refractivity contribution < 1.29 is 138 Å². The second kappa shape index (κ2) is 64.7. The van der Waals surface area contributed by atoms with E-state index in [2.05, 4.69) is 26.6 Å². The summed E-state index contributed by atoms with van der Waals surface area (Å²) in [5, 5.41) is 13.1. The summed E-state index contributed by atoms with van der Waals surface area (Å²) in [6.45, 7) is -1.91. The van der Waals surface area contributed by atoms with E-state index in [0.717, 1.165) is 16.7 Å². The molecule has 0 spiro atoms. The van der Waals surface area contributed by atoms with Crippen molar-refractivity contribution in [1.29, 1.82) is 0 Å². The zero-order valence-electron chi connectivity index (χ0n) is 78.1. The fourth-order valence-electron chi connectivity index (χ4n) is 13.7. The Labute approximate surface area is 812 Å². The summed E-state index contributed by atoms with van der Waals surface area (Å²) in [6, 6.07) is 70.0. The van der Waals surface area contributed by atoms with Crippen LogP contribution >= 0.6 is 0 Å². The van der Waals surface area contributed by atoms with E-state index in [-0.39, 0.29) is 143 Å². The van der Waals surface area contributed by atoms with Crippen molar-refractivity contribution >= 4 is 101 Å². The van der Waals surface area contributed by atoms with Crippen LogP contribution in [0.2, 0.25) is 0 Å². The molecule has 5 amide bonds. The number of rotatable bonds is 65. The van der Waals surface area contributed by atoms with Gasteiger partial charge in [0.05, 0.1) is 11.8 Å².